The largest absolute Gasteiger partial charge is 0.472 e. The number of amides is 2. The molecule has 0 spiro atoms. The minimum atomic E-state index is -0.658. The molecule has 2 amide bonds. The van der Waals surface area contributed by atoms with Crippen LogP contribution in [0.1, 0.15) is 11.1 Å². The summed E-state index contributed by atoms with van der Waals surface area (Å²) in [5, 5.41) is 5.95. The van der Waals surface area contributed by atoms with Crippen LogP contribution in [0.4, 0.5) is 10.5 Å². The molecule has 3 aromatic rings. The zero-order chi connectivity index (χ0) is 20.1. The number of nitrogens with zero attached hydrogens (tertiary/aromatic N) is 3. The number of anilines is 1. The maximum atomic E-state index is 11.8. The first-order chi connectivity index (χ1) is 13.5. The van der Waals surface area contributed by atoms with Gasteiger partial charge < -0.3 is 4.74 Å². The van der Waals surface area contributed by atoms with Crippen LogP contribution < -0.4 is 26.9 Å². The minimum Gasteiger partial charge on any atom is -0.472 e. The predicted molar refractivity (Wildman–Crippen MR) is 109 cm³/mol. The number of urea groups is 1. The Bertz CT molecular complexity index is 986. The average Bonchev–Trinajstić information content (AvgIpc) is 3.20. The lowest BCUT2D eigenvalue weighted by Crippen LogP contribution is -2.48. The first-order valence-corrected chi connectivity index (χ1v) is 8.65. The number of hydrogen-bond donors (Lipinski definition) is 3. The van der Waals surface area contributed by atoms with Crippen molar-refractivity contribution in [3.63, 3.8) is 0 Å². The molecule has 0 radical (unpaired) electrons. The highest BCUT2D eigenvalue weighted by atomic mass is 35.5. The normalized spacial score (nSPS) is 10.4. The maximum absolute atomic E-state index is 11.8. The number of ether oxygens (including phenoxy) is 1. The SMILES string of the molecule is C=Cc1cccc(N(N)C(=O)NN)c1COc1ccn(-c2ccc(Cl)cc2)n1. The molecule has 3 rings (SSSR count). The lowest BCUT2D eigenvalue weighted by atomic mass is 10.1. The van der Waals surface area contributed by atoms with Gasteiger partial charge in [0.1, 0.15) is 6.61 Å². The number of benzene rings is 2. The van der Waals surface area contributed by atoms with Crippen LogP contribution in [0, 0.1) is 0 Å². The minimum absolute atomic E-state index is 0.126. The van der Waals surface area contributed by atoms with Gasteiger partial charge in [-0.25, -0.2) is 26.2 Å². The molecule has 144 valence electrons. The third-order valence-corrected chi connectivity index (χ3v) is 4.28. The van der Waals surface area contributed by atoms with E-state index in [0.717, 1.165) is 16.3 Å². The van der Waals surface area contributed by atoms with Crippen molar-refractivity contribution in [1.82, 2.24) is 15.2 Å². The van der Waals surface area contributed by atoms with E-state index in [9.17, 15) is 4.79 Å². The van der Waals surface area contributed by atoms with Gasteiger partial charge in [0.25, 0.3) is 0 Å². The topological polar surface area (TPSA) is 111 Å². The molecule has 1 aromatic heterocycles. The summed E-state index contributed by atoms with van der Waals surface area (Å²) in [6, 6.07) is 13.6. The van der Waals surface area contributed by atoms with Gasteiger partial charge in [-0.1, -0.05) is 36.4 Å². The van der Waals surface area contributed by atoms with Crippen molar-refractivity contribution in [2.45, 2.75) is 6.61 Å². The molecule has 5 N–H and O–H groups in total. The van der Waals surface area contributed by atoms with Crippen molar-refractivity contribution < 1.29 is 9.53 Å². The van der Waals surface area contributed by atoms with E-state index in [1.807, 2.05) is 23.6 Å². The first-order valence-electron chi connectivity index (χ1n) is 8.27. The summed E-state index contributed by atoms with van der Waals surface area (Å²) in [6.45, 7) is 3.92. The number of hydrogen-bond acceptors (Lipinski definition) is 5. The van der Waals surface area contributed by atoms with Gasteiger partial charge in [-0.2, -0.15) is 0 Å². The fourth-order valence-electron chi connectivity index (χ4n) is 2.61. The lowest BCUT2D eigenvalue weighted by molar-refractivity contribution is 0.246. The van der Waals surface area contributed by atoms with Crippen LogP contribution >= 0.6 is 11.6 Å². The van der Waals surface area contributed by atoms with Gasteiger partial charge in [0.2, 0.25) is 5.88 Å². The Morgan fingerprint density at radius 1 is 1.29 bits per heavy atom. The molecule has 0 aliphatic heterocycles. The molecule has 0 aliphatic rings. The van der Waals surface area contributed by atoms with Crippen molar-refractivity contribution in [2.75, 3.05) is 5.01 Å². The number of nitrogens with two attached hydrogens (primary N) is 2. The van der Waals surface area contributed by atoms with Crippen LogP contribution in [-0.2, 0) is 6.61 Å². The van der Waals surface area contributed by atoms with Crippen LogP contribution in [0.25, 0.3) is 11.8 Å². The number of hydrazine groups is 2. The third kappa shape index (κ3) is 4.15. The second-order valence-electron chi connectivity index (χ2n) is 5.73. The summed E-state index contributed by atoms with van der Waals surface area (Å²) >= 11 is 5.91. The van der Waals surface area contributed by atoms with E-state index >= 15 is 0 Å². The monoisotopic (exact) mass is 398 g/mol. The Hall–Kier alpha value is -3.33. The number of nitrogens with one attached hydrogen (secondary N) is 1. The second-order valence-corrected chi connectivity index (χ2v) is 6.17. The molecular weight excluding hydrogens is 380 g/mol. The average molecular weight is 399 g/mol. The van der Waals surface area contributed by atoms with Crippen LogP contribution in [-0.4, -0.2) is 15.8 Å². The van der Waals surface area contributed by atoms with Gasteiger partial charge in [-0.3, -0.25) is 5.43 Å². The van der Waals surface area contributed by atoms with Crippen LogP contribution in [0.3, 0.4) is 0 Å². The number of aromatic nitrogens is 2. The molecule has 2 aromatic carbocycles. The van der Waals surface area contributed by atoms with Gasteiger partial charge in [0.05, 0.1) is 11.4 Å². The summed E-state index contributed by atoms with van der Waals surface area (Å²) in [4.78, 5) is 11.8. The highest BCUT2D eigenvalue weighted by molar-refractivity contribution is 6.30. The number of rotatable bonds is 6. The number of carbonyl (C=O) groups excluding carboxylic acids is 1. The Kier molecular flexibility index (Phi) is 5.95. The highest BCUT2D eigenvalue weighted by Crippen LogP contribution is 2.25. The molecular formula is C19H19ClN6O2. The summed E-state index contributed by atoms with van der Waals surface area (Å²) in [7, 11) is 0. The first kappa shape index (κ1) is 19.4. The van der Waals surface area contributed by atoms with Crippen LogP contribution in [0.15, 0.2) is 61.3 Å². The quantitative estimate of drug-likeness (QED) is 0.335. The molecule has 0 atom stereocenters. The lowest BCUT2D eigenvalue weighted by Gasteiger charge is -2.20. The zero-order valence-electron chi connectivity index (χ0n) is 14.9. The maximum Gasteiger partial charge on any atom is 0.350 e. The summed E-state index contributed by atoms with van der Waals surface area (Å²) in [5.74, 6) is 11.4. The standard InChI is InChI=1S/C19H19ClN6O2/c1-2-13-4-3-5-17(26(22)19(27)23-21)16(13)12-28-18-10-11-25(24-18)15-8-6-14(20)7-9-15/h2-11H,1,12,21-22H2,(H,23,27). The number of carbonyl (C=O) groups is 1. The van der Waals surface area contributed by atoms with Gasteiger partial charge in [0, 0.05) is 22.8 Å². The van der Waals surface area contributed by atoms with Gasteiger partial charge in [0.15, 0.2) is 0 Å². The molecule has 28 heavy (non-hydrogen) atoms. The fraction of sp³-hybridized carbons (Fsp3) is 0.0526. The van der Waals surface area contributed by atoms with E-state index in [2.05, 4.69) is 11.7 Å². The molecule has 0 saturated carbocycles. The molecule has 0 unspecified atom stereocenters. The van der Waals surface area contributed by atoms with E-state index in [0.29, 0.717) is 22.2 Å². The smallest absolute Gasteiger partial charge is 0.350 e. The van der Waals surface area contributed by atoms with Gasteiger partial charge in [-0.15, -0.1) is 5.10 Å². The Balaban J connectivity index is 1.82. The highest BCUT2D eigenvalue weighted by Gasteiger charge is 2.17. The van der Waals surface area contributed by atoms with Crippen molar-refractivity contribution in [2.24, 2.45) is 11.7 Å². The Morgan fingerprint density at radius 2 is 2.04 bits per heavy atom. The van der Waals surface area contributed by atoms with Crippen LogP contribution in [0.2, 0.25) is 5.02 Å². The van der Waals surface area contributed by atoms with Gasteiger partial charge >= 0.3 is 6.03 Å². The van der Waals surface area contributed by atoms with Crippen molar-refractivity contribution in [1.29, 1.82) is 0 Å². The Morgan fingerprint density at radius 3 is 2.71 bits per heavy atom. The second kappa shape index (κ2) is 8.57. The summed E-state index contributed by atoms with van der Waals surface area (Å²) in [6.07, 6.45) is 3.43. The summed E-state index contributed by atoms with van der Waals surface area (Å²) < 4.78 is 7.48. The molecule has 0 bridgehead atoms. The van der Waals surface area contributed by atoms with E-state index < -0.39 is 6.03 Å². The molecule has 1 heterocycles. The van der Waals surface area contributed by atoms with Crippen molar-refractivity contribution >= 4 is 29.4 Å². The molecule has 0 aliphatic carbocycles. The van der Waals surface area contributed by atoms with E-state index in [-0.39, 0.29) is 6.61 Å². The van der Waals surface area contributed by atoms with E-state index in [1.54, 1.807) is 47.3 Å². The van der Waals surface area contributed by atoms with Gasteiger partial charge in [-0.05, 0) is 35.9 Å². The number of halogens is 1. The van der Waals surface area contributed by atoms with E-state index in [4.69, 9.17) is 28.0 Å². The fourth-order valence-corrected chi connectivity index (χ4v) is 2.74. The predicted octanol–water partition coefficient (Wildman–Crippen LogP) is 3.01. The third-order valence-electron chi connectivity index (χ3n) is 4.03. The van der Waals surface area contributed by atoms with Crippen molar-refractivity contribution in [3.05, 3.63) is 77.5 Å². The molecule has 0 fully saturated rings. The van der Waals surface area contributed by atoms with E-state index in [1.165, 1.54) is 0 Å². The molecule has 0 saturated heterocycles. The molecule has 8 nitrogen and oxygen atoms in total. The molecule has 9 heteroatoms. The van der Waals surface area contributed by atoms with Crippen molar-refractivity contribution in [3.8, 4) is 11.6 Å². The van der Waals surface area contributed by atoms with Crippen LogP contribution in [0.5, 0.6) is 5.88 Å². The zero-order valence-corrected chi connectivity index (χ0v) is 15.6. The summed E-state index contributed by atoms with van der Waals surface area (Å²) in [5.41, 5.74) is 4.73. The Labute approximate surface area is 166 Å².